The Bertz CT molecular complexity index is 543. The van der Waals surface area contributed by atoms with E-state index in [0.717, 1.165) is 5.56 Å². The zero-order chi connectivity index (χ0) is 11.5. The van der Waals surface area contributed by atoms with Crippen molar-refractivity contribution >= 4 is 5.69 Å². The first-order chi connectivity index (χ1) is 7.65. The summed E-state index contributed by atoms with van der Waals surface area (Å²) >= 11 is 0. The highest BCUT2D eigenvalue weighted by Crippen LogP contribution is 2.12. The summed E-state index contributed by atoms with van der Waals surface area (Å²) in [6.07, 6.45) is 3.33. The van der Waals surface area contributed by atoms with Gasteiger partial charge in [0.15, 0.2) is 5.43 Å². The van der Waals surface area contributed by atoms with Crippen molar-refractivity contribution in [2.75, 3.05) is 5.73 Å². The third-order valence-corrected chi connectivity index (χ3v) is 2.29. The fourth-order valence-corrected chi connectivity index (χ4v) is 1.43. The average Bonchev–Trinajstić information content (AvgIpc) is 2.27. The first-order valence-electron chi connectivity index (χ1n) is 4.85. The molecule has 2 N–H and O–H groups in total. The van der Waals surface area contributed by atoms with Crippen molar-refractivity contribution < 1.29 is 4.39 Å². The van der Waals surface area contributed by atoms with Crippen molar-refractivity contribution in [3.8, 4) is 0 Å². The molecule has 0 aliphatic carbocycles. The van der Waals surface area contributed by atoms with E-state index in [2.05, 4.69) is 0 Å². The minimum Gasteiger partial charge on any atom is -0.396 e. The summed E-state index contributed by atoms with van der Waals surface area (Å²) in [6.45, 7) is 0.511. The number of nitrogen functional groups attached to an aromatic ring is 1. The van der Waals surface area contributed by atoms with Crippen LogP contribution in [-0.4, -0.2) is 4.57 Å². The average molecular weight is 218 g/mol. The number of benzene rings is 1. The predicted octanol–water partition coefficient (Wildman–Crippen LogP) is 1.62. The van der Waals surface area contributed by atoms with Gasteiger partial charge in [-0.25, -0.2) is 4.39 Å². The number of aromatic nitrogens is 1. The molecule has 0 unspecified atom stereocenters. The number of nitrogens with two attached hydrogens (primary N) is 1. The summed E-state index contributed by atoms with van der Waals surface area (Å²) in [4.78, 5) is 10.9. The number of pyridine rings is 1. The summed E-state index contributed by atoms with van der Waals surface area (Å²) in [7, 11) is 0. The van der Waals surface area contributed by atoms with Crippen LogP contribution >= 0.6 is 0 Å². The number of nitrogens with zero attached hydrogens (tertiary/aromatic N) is 1. The van der Waals surface area contributed by atoms with Crippen molar-refractivity contribution in [3.05, 3.63) is 64.3 Å². The van der Waals surface area contributed by atoms with E-state index in [4.69, 9.17) is 5.73 Å². The van der Waals surface area contributed by atoms with Crippen molar-refractivity contribution in [1.82, 2.24) is 4.57 Å². The normalized spacial score (nSPS) is 10.3. The van der Waals surface area contributed by atoms with Crippen LogP contribution in [-0.2, 0) is 6.54 Å². The van der Waals surface area contributed by atoms with E-state index in [9.17, 15) is 9.18 Å². The van der Waals surface area contributed by atoms with Gasteiger partial charge >= 0.3 is 0 Å². The smallest absolute Gasteiger partial charge is 0.181 e. The van der Waals surface area contributed by atoms with Crippen LogP contribution in [0.4, 0.5) is 10.1 Å². The number of hydrogen-bond acceptors (Lipinski definition) is 2. The van der Waals surface area contributed by atoms with Crippen LogP contribution in [0.5, 0.6) is 0 Å². The molecule has 16 heavy (non-hydrogen) atoms. The highest BCUT2D eigenvalue weighted by Gasteiger charge is 2.00. The van der Waals surface area contributed by atoms with Gasteiger partial charge in [-0.3, -0.25) is 4.79 Å². The van der Waals surface area contributed by atoms with Crippen molar-refractivity contribution in [2.45, 2.75) is 6.54 Å². The molecule has 0 atom stereocenters. The third kappa shape index (κ3) is 2.28. The molecule has 3 nitrogen and oxygen atoms in total. The highest BCUT2D eigenvalue weighted by atomic mass is 19.1. The minimum atomic E-state index is -0.418. The molecular weight excluding hydrogens is 207 g/mol. The summed E-state index contributed by atoms with van der Waals surface area (Å²) in [6, 6.07) is 7.62. The van der Waals surface area contributed by atoms with Crippen LogP contribution < -0.4 is 11.2 Å². The molecule has 82 valence electrons. The third-order valence-electron chi connectivity index (χ3n) is 2.29. The van der Waals surface area contributed by atoms with Crippen LogP contribution in [0, 0.1) is 5.82 Å². The quantitative estimate of drug-likeness (QED) is 0.778. The second-order valence-electron chi connectivity index (χ2n) is 3.56. The molecule has 0 aliphatic heterocycles. The lowest BCUT2D eigenvalue weighted by molar-refractivity contribution is 0.628. The zero-order valence-corrected chi connectivity index (χ0v) is 8.56. The standard InChI is InChI=1S/C12H11FN2O/c13-11-7-9(1-2-12(11)14)8-15-5-3-10(16)4-6-15/h1-7H,8,14H2. The summed E-state index contributed by atoms with van der Waals surface area (Å²) in [5, 5.41) is 0. The molecule has 0 aliphatic rings. The summed E-state index contributed by atoms with van der Waals surface area (Å²) < 4.78 is 15.0. The van der Waals surface area contributed by atoms with E-state index in [1.54, 1.807) is 23.0 Å². The van der Waals surface area contributed by atoms with Gasteiger partial charge in [-0.05, 0) is 17.7 Å². The second kappa shape index (κ2) is 4.18. The Morgan fingerprint density at radius 1 is 1.19 bits per heavy atom. The topological polar surface area (TPSA) is 48.0 Å². The molecule has 0 amide bonds. The first-order valence-corrected chi connectivity index (χ1v) is 4.85. The number of anilines is 1. The maximum absolute atomic E-state index is 13.2. The Labute approximate surface area is 92.0 Å². The molecular formula is C12H11FN2O. The van der Waals surface area contributed by atoms with Gasteiger partial charge in [-0.2, -0.15) is 0 Å². The fraction of sp³-hybridized carbons (Fsp3) is 0.0833. The van der Waals surface area contributed by atoms with Crippen LogP contribution in [0.15, 0.2) is 47.5 Å². The Balaban J connectivity index is 2.23. The Hall–Kier alpha value is -2.10. The molecule has 0 bridgehead atoms. The maximum Gasteiger partial charge on any atom is 0.181 e. The molecule has 0 spiro atoms. The molecule has 0 fully saturated rings. The van der Waals surface area contributed by atoms with Gasteiger partial charge in [-0.15, -0.1) is 0 Å². The maximum atomic E-state index is 13.2. The van der Waals surface area contributed by atoms with E-state index in [-0.39, 0.29) is 11.1 Å². The second-order valence-corrected chi connectivity index (χ2v) is 3.56. The van der Waals surface area contributed by atoms with E-state index in [1.165, 1.54) is 24.3 Å². The van der Waals surface area contributed by atoms with Crippen LogP contribution in [0.2, 0.25) is 0 Å². The van der Waals surface area contributed by atoms with Gasteiger partial charge in [-0.1, -0.05) is 6.07 Å². The zero-order valence-electron chi connectivity index (χ0n) is 8.56. The van der Waals surface area contributed by atoms with E-state index in [0.29, 0.717) is 6.54 Å². The van der Waals surface area contributed by atoms with Crippen molar-refractivity contribution in [1.29, 1.82) is 0 Å². The summed E-state index contributed by atoms with van der Waals surface area (Å²) in [5.41, 5.74) is 6.28. The molecule has 4 heteroatoms. The van der Waals surface area contributed by atoms with E-state index in [1.807, 2.05) is 0 Å². The fourth-order valence-electron chi connectivity index (χ4n) is 1.43. The SMILES string of the molecule is Nc1ccc(Cn2ccc(=O)cc2)cc1F. The van der Waals surface area contributed by atoms with Crippen LogP contribution in [0.3, 0.4) is 0 Å². The molecule has 1 heterocycles. The molecule has 1 aromatic carbocycles. The molecule has 0 saturated heterocycles. The molecule has 2 aromatic rings. The minimum absolute atomic E-state index is 0.0419. The monoisotopic (exact) mass is 218 g/mol. The largest absolute Gasteiger partial charge is 0.396 e. The van der Waals surface area contributed by atoms with Crippen LogP contribution in [0.25, 0.3) is 0 Å². The van der Waals surface area contributed by atoms with Gasteiger partial charge in [0.05, 0.1) is 5.69 Å². The highest BCUT2D eigenvalue weighted by molar-refractivity contribution is 5.41. The van der Waals surface area contributed by atoms with E-state index >= 15 is 0 Å². The Morgan fingerprint density at radius 3 is 2.50 bits per heavy atom. The van der Waals surface area contributed by atoms with Crippen molar-refractivity contribution in [2.24, 2.45) is 0 Å². The van der Waals surface area contributed by atoms with Gasteiger partial charge < -0.3 is 10.3 Å². The lowest BCUT2D eigenvalue weighted by Gasteiger charge is -2.06. The summed E-state index contributed by atoms with van der Waals surface area (Å²) in [5.74, 6) is -0.418. The van der Waals surface area contributed by atoms with E-state index < -0.39 is 5.82 Å². The lowest BCUT2D eigenvalue weighted by Crippen LogP contribution is -2.05. The molecule has 2 rings (SSSR count). The first kappa shape index (κ1) is 10.4. The van der Waals surface area contributed by atoms with Gasteiger partial charge in [0.2, 0.25) is 0 Å². The number of rotatable bonds is 2. The Morgan fingerprint density at radius 2 is 1.88 bits per heavy atom. The number of halogens is 1. The lowest BCUT2D eigenvalue weighted by atomic mass is 10.2. The molecule has 1 aromatic heterocycles. The Kier molecular flexibility index (Phi) is 2.72. The van der Waals surface area contributed by atoms with Crippen LogP contribution in [0.1, 0.15) is 5.56 Å². The van der Waals surface area contributed by atoms with Gasteiger partial charge in [0.25, 0.3) is 0 Å². The molecule has 0 saturated carbocycles. The van der Waals surface area contributed by atoms with Gasteiger partial charge in [0.1, 0.15) is 5.82 Å². The molecule has 0 radical (unpaired) electrons. The predicted molar refractivity (Wildman–Crippen MR) is 60.6 cm³/mol. The van der Waals surface area contributed by atoms with Crippen molar-refractivity contribution in [3.63, 3.8) is 0 Å². The van der Waals surface area contributed by atoms with Gasteiger partial charge in [0, 0.05) is 31.1 Å². The number of hydrogen-bond donors (Lipinski definition) is 1.